The number of pyridine rings is 1. The first kappa shape index (κ1) is 16.3. The minimum absolute atomic E-state index is 0.0217. The third-order valence-electron chi connectivity index (χ3n) is 3.74. The third kappa shape index (κ3) is 4.21. The Hall–Kier alpha value is -1.06. The molecule has 1 fully saturated rings. The molecule has 0 saturated carbocycles. The summed E-state index contributed by atoms with van der Waals surface area (Å²) in [7, 11) is 0.418. The predicted octanol–water partition coefficient (Wildman–Crippen LogP) is -0.902. The molecule has 1 aromatic rings. The van der Waals surface area contributed by atoms with E-state index in [2.05, 4.69) is 19.5 Å². The third-order valence-corrected chi connectivity index (χ3v) is 5.08. The summed E-state index contributed by atoms with van der Waals surface area (Å²) >= 11 is 0. The smallest absolute Gasteiger partial charge is 0.258 e. The van der Waals surface area contributed by atoms with Crippen LogP contribution in [0.25, 0.3) is 0 Å². The van der Waals surface area contributed by atoms with Crippen LogP contribution in [0.5, 0.6) is 0 Å². The zero-order valence-electron chi connectivity index (χ0n) is 12.4. The number of hydrogen-bond donors (Lipinski definition) is 2. The van der Waals surface area contributed by atoms with E-state index in [1.807, 2.05) is 14.1 Å². The molecule has 7 nitrogen and oxygen atoms in total. The summed E-state index contributed by atoms with van der Waals surface area (Å²) in [6.07, 6.45) is 1.37. The highest BCUT2D eigenvalue weighted by Gasteiger charge is 2.24. The molecule has 0 aromatic carbocycles. The molecule has 0 radical (unpaired) electrons. The van der Waals surface area contributed by atoms with Crippen molar-refractivity contribution in [3.63, 3.8) is 0 Å². The summed E-state index contributed by atoms with van der Waals surface area (Å²) in [6, 6.07) is 3.11. The minimum atomic E-state index is -3.61. The van der Waals surface area contributed by atoms with Gasteiger partial charge in [0.15, 0.2) is 5.03 Å². The Labute approximate surface area is 125 Å². The normalized spacial score (nSPS) is 21.6. The Balaban J connectivity index is 2.00. The average Bonchev–Trinajstić information content (AvgIpc) is 2.48. The number of rotatable bonds is 5. The molecule has 21 heavy (non-hydrogen) atoms. The maximum Gasteiger partial charge on any atom is 0.258 e. The zero-order chi connectivity index (χ0) is 15.5. The minimum Gasteiger partial charge on any atom is -0.392 e. The van der Waals surface area contributed by atoms with Crippen LogP contribution in [0.4, 0.5) is 0 Å². The Morgan fingerprint density at radius 3 is 2.76 bits per heavy atom. The fourth-order valence-corrected chi connectivity index (χ4v) is 3.26. The molecule has 8 heteroatoms. The van der Waals surface area contributed by atoms with Crippen molar-refractivity contribution in [1.82, 2.24) is 19.5 Å². The van der Waals surface area contributed by atoms with Crippen molar-refractivity contribution < 1.29 is 13.5 Å². The molecule has 1 unspecified atom stereocenters. The number of aromatic nitrogens is 1. The molecule has 2 heterocycles. The van der Waals surface area contributed by atoms with Gasteiger partial charge >= 0.3 is 0 Å². The van der Waals surface area contributed by atoms with Gasteiger partial charge in [0.05, 0.1) is 6.61 Å². The molecule has 0 amide bonds. The van der Waals surface area contributed by atoms with Crippen LogP contribution in [0, 0.1) is 0 Å². The largest absolute Gasteiger partial charge is 0.392 e. The van der Waals surface area contributed by atoms with Crippen LogP contribution in [-0.2, 0) is 16.6 Å². The summed E-state index contributed by atoms with van der Waals surface area (Å²) in [5, 5.41) is 8.92. The standard InChI is InChI=1S/C13H22N4O3S/c1-16-5-6-17(2)12(9-16)8-15-21(19,20)13-4-3-11(10-18)7-14-13/h3-4,7,12,15,18H,5-6,8-10H2,1-2H3. The van der Waals surface area contributed by atoms with Crippen molar-refractivity contribution in [3.05, 3.63) is 23.9 Å². The molecule has 1 atom stereocenters. The molecule has 2 rings (SSSR count). The zero-order valence-corrected chi connectivity index (χ0v) is 13.2. The van der Waals surface area contributed by atoms with Gasteiger partial charge in [-0.2, -0.15) is 0 Å². The number of nitrogens with one attached hydrogen (secondary N) is 1. The highest BCUT2D eigenvalue weighted by Crippen LogP contribution is 2.09. The van der Waals surface area contributed by atoms with E-state index in [0.29, 0.717) is 12.1 Å². The topological polar surface area (TPSA) is 85.8 Å². The van der Waals surface area contributed by atoms with Gasteiger partial charge in [0.25, 0.3) is 10.0 Å². The van der Waals surface area contributed by atoms with Crippen LogP contribution in [0.2, 0.25) is 0 Å². The number of likely N-dealkylation sites (N-methyl/N-ethyl adjacent to an activating group) is 2. The van der Waals surface area contributed by atoms with Gasteiger partial charge in [-0.1, -0.05) is 6.07 Å². The van der Waals surface area contributed by atoms with Gasteiger partial charge in [-0.05, 0) is 25.7 Å². The second-order valence-corrected chi connectivity index (χ2v) is 7.13. The van der Waals surface area contributed by atoms with E-state index >= 15 is 0 Å². The van der Waals surface area contributed by atoms with Crippen molar-refractivity contribution in [2.75, 3.05) is 40.3 Å². The number of aliphatic hydroxyl groups is 1. The van der Waals surface area contributed by atoms with E-state index in [1.54, 1.807) is 6.07 Å². The van der Waals surface area contributed by atoms with Crippen molar-refractivity contribution >= 4 is 10.0 Å². The monoisotopic (exact) mass is 314 g/mol. The Bertz CT molecular complexity index is 561. The van der Waals surface area contributed by atoms with Crippen LogP contribution in [0.15, 0.2) is 23.4 Å². The molecule has 118 valence electrons. The number of sulfonamides is 1. The number of aliphatic hydroxyl groups excluding tert-OH is 1. The predicted molar refractivity (Wildman–Crippen MR) is 79.3 cm³/mol. The van der Waals surface area contributed by atoms with E-state index in [1.165, 1.54) is 12.3 Å². The first-order chi connectivity index (χ1) is 9.92. The highest BCUT2D eigenvalue weighted by atomic mass is 32.2. The van der Waals surface area contributed by atoms with E-state index in [9.17, 15) is 8.42 Å². The van der Waals surface area contributed by atoms with Gasteiger partial charge in [-0.3, -0.25) is 4.90 Å². The van der Waals surface area contributed by atoms with Gasteiger partial charge in [0.1, 0.15) is 0 Å². The fourth-order valence-electron chi connectivity index (χ4n) is 2.27. The lowest BCUT2D eigenvalue weighted by molar-refractivity contribution is 0.117. The lowest BCUT2D eigenvalue weighted by Gasteiger charge is -2.37. The second kappa shape index (κ2) is 6.80. The van der Waals surface area contributed by atoms with Gasteiger partial charge in [0.2, 0.25) is 0 Å². The van der Waals surface area contributed by atoms with Gasteiger partial charge in [-0.25, -0.2) is 18.1 Å². The molecule has 1 aliphatic rings. The fraction of sp³-hybridized carbons (Fsp3) is 0.615. The molecule has 0 spiro atoms. The molecule has 2 N–H and O–H groups in total. The van der Waals surface area contributed by atoms with Crippen molar-refractivity contribution in [2.24, 2.45) is 0 Å². The van der Waals surface area contributed by atoms with Crippen molar-refractivity contribution in [2.45, 2.75) is 17.7 Å². The maximum atomic E-state index is 12.2. The van der Waals surface area contributed by atoms with Crippen LogP contribution in [0.3, 0.4) is 0 Å². The molecule has 0 aliphatic carbocycles. The first-order valence-electron chi connectivity index (χ1n) is 6.86. The lowest BCUT2D eigenvalue weighted by Crippen LogP contribution is -2.54. The van der Waals surface area contributed by atoms with E-state index in [4.69, 9.17) is 5.11 Å². The van der Waals surface area contributed by atoms with Gasteiger partial charge in [-0.15, -0.1) is 0 Å². The summed E-state index contributed by atoms with van der Waals surface area (Å²) < 4.78 is 27.0. The summed E-state index contributed by atoms with van der Waals surface area (Å²) in [4.78, 5) is 8.23. The van der Waals surface area contributed by atoms with Crippen molar-refractivity contribution in [3.8, 4) is 0 Å². The average molecular weight is 314 g/mol. The SMILES string of the molecule is CN1CCN(C)C(CNS(=O)(=O)c2ccc(CO)cn2)C1. The van der Waals surface area contributed by atoms with Crippen molar-refractivity contribution in [1.29, 1.82) is 0 Å². The number of hydrogen-bond acceptors (Lipinski definition) is 6. The van der Waals surface area contributed by atoms with E-state index < -0.39 is 10.0 Å². The summed E-state index contributed by atoms with van der Waals surface area (Å²) in [5.74, 6) is 0. The highest BCUT2D eigenvalue weighted by molar-refractivity contribution is 7.89. The Kier molecular flexibility index (Phi) is 5.28. The molecular formula is C13H22N4O3S. The van der Waals surface area contributed by atoms with E-state index in [0.717, 1.165) is 19.6 Å². The Morgan fingerprint density at radius 2 is 2.14 bits per heavy atom. The second-order valence-electron chi connectivity index (χ2n) is 5.41. The van der Waals surface area contributed by atoms with Crippen LogP contribution < -0.4 is 4.72 Å². The lowest BCUT2D eigenvalue weighted by atomic mass is 10.2. The Morgan fingerprint density at radius 1 is 1.38 bits per heavy atom. The molecule has 1 aliphatic heterocycles. The first-order valence-corrected chi connectivity index (χ1v) is 8.35. The van der Waals surface area contributed by atoms with Crippen LogP contribution in [0.1, 0.15) is 5.56 Å². The molecular weight excluding hydrogens is 292 g/mol. The number of piperazine rings is 1. The molecule has 0 bridgehead atoms. The van der Waals surface area contributed by atoms with Crippen LogP contribution in [-0.4, -0.2) is 74.6 Å². The quantitative estimate of drug-likeness (QED) is 0.732. The van der Waals surface area contributed by atoms with Crippen LogP contribution >= 0.6 is 0 Å². The maximum absolute atomic E-state index is 12.2. The molecule has 1 saturated heterocycles. The van der Waals surface area contributed by atoms with Gasteiger partial charge < -0.3 is 10.0 Å². The summed E-state index contributed by atoms with van der Waals surface area (Å²) in [5.41, 5.74) is 0.586. The number of nitrogens with zero attached hydrogens (tertiary/aromatic N) is 3. The summed E-state index contributed by atoms with van der Waals surface area (Å²) in [6.45, 7) is 2.94. The van der Waals surface area contributed by atoms with Gasteiger partial charge in [0, 0.05) is 38.4 Å². The van der Waals surface area contributed by atoms with E-state index in [-0.39, 0.29) is 17.7 Å². The molecule has 1 aromatic heterocycles.